The summed E-state index contributed by atoms with van der Waals surface area (Å²) in [5.74, 6) is 2.15. The molecule has 1 heterocycles. The molecule has 3 rings (SSSR count). The van der Waals surface area contributed by atoms with Gasteiger partial charge in [-0.2, -0.15) is 0 Å². The number of imidazole rings is 1. The number of nitrogens with zero attached hydrogens (tertiary/aromatic N) is 2. The zero-order chi connectivity index (χ0) is 20.7. The highest BCUT2D eigenvalue weighted by Gasteiger charge is 2.47. The maximum absolute atomic E-state index is 14.5. The minimum Gasteiger partial charge on any atom is -0.334 e. The molecule has 2 nitrogen and oxygen atoms in total. The number of benzene rings is 1. The Morgan fingerprint density at radius 3 is 2.55 bits per heavy atom. The number of aromatic nitrogens is 2. The van der Waals surface area contributed by atoms with Gasteiger partial charge in [-0.05, 0) is 62.1 Å². The SMILES string of the molecule is CCCCCC(CCC)C(Cn1ccnc1C)(c1cccc(F)c1)C1CCCC1. The van der Waals surface area contributed by atoms with Gasteiger partial charge in [0.15, 0.2) is 0 Å². The molecule has 2 unspecified atom stereocenters. The number of halogens is 1. The van der Waals surface area contributed by atoms with Crippen molar-refractivity contribution in [1.82, 2.24) is 9.55 Å². The monoisotopic (exact) mass is 398 g/mol. The first-order valence-corrected chi connectivity index (χ1v) is 11.9. The predicted molar refractivity (Wildman–Crippen MR) is 120 cm³/mol. The van der Waals surface area contributed by atoms with Crippen molar-refractivity contribution in [3.8, 4) is 0 Å². The summed E-state index contributed by atoms with van der Waals surface area (Å²) < 4.78 is 16.8. The van der Waals surface area contributed by atoms with Crippen LogP contribution in [-0.4, -0.2) is 9.55 Å². The molecule has 160 valence electrons. The van der Waals surface area contributed by atoms with Crippen molar-refractivity contribution in [2.45, 2.75) is 96.9 Å². The zero-order valence-corrected chi connectivity index (χ0v) is 18.7. The van der Waals surface area contributed by atoms with Crippen molar-refractivity contribution in [2.24, 2.45) is 11.8 Å². The Morgan fingerprint density at radius 2 is 1.93 bits per heavy atom. The Morgan fingerprint density at radius 1 is 1.14 bits per heavy atom. The van der Waals surface area contributed by atoms with Crippen LogP contribution in [0.1, 0.15) is 89.4 Å². The predicted octanol–water partition coefficient (Wildman–Crippen LogP) is 7.46. The van der Waals surface area contributed by atoms with Gasteiger partial charge in [-0.3, -0.25) is 0 Å². The van der Waals surface area contributed by atoms with E-state index in [0.29, 0.717) is 11.8 Å². The Bertz CT molecular complexity index is 747. The molecule has 0 N–H and O–H groups in total. The number of hydrogen-bond donors (Lipinski definition) is 0. The van der Waals surface area contributed by atoms with Crippen molar-refractivity contribution in [3.05, 3.63) is 53.9 Å². The summed E-state index contributed by atoms with van der Waals surface area (Å²) in [5, 5.41) is 0. The molecular formula is C26H39FN2. The second-order valence-electron chi connectivity index (χ2n) is 9.12. The lowest BCUT2D eigenvalue weighted by Crippen LogP contribution is -2.45. The third kappa shape index (κ3) is 4.92. The van der Waals surface area contributed by atoms with E-state index in [1.165, 1.54) is 69.8 Å². The first-order chi connectivity index (χ1) is 14.1. The molecule has 1 fully saturated rings. The van der Waals surface area contributed by atoms with Crippen LogP contribution in [0.15, 0.2) is 36.7 Å². The standard InChI is InChI=1S/C26H39FN2/c1-4-6-7-12-22(11-5-2)26(23-13-8-9-14-23,20-29-18-17-28-21(29)3)24-15-10-16-25(27)19-24/h10,15-19,22-23H,4-9,11-14,20H2,1-3H3. The topological polar surface area (TPSA) is 17.8 Å². The molecule has 1 aliphatic rings. The maximum atomic E-state index is 14.5. The van der Waals surface area contributed by atoms with Gasteiger partial charge in [0.2, 0.25) is 0 Å². The fraction of sp³-hybridized carbons (Fsp3) is 0.654. The minimum atomic E-state index is -0.101. The van der Waals surface area contributed by atoms with E-state index in [1.54, 1.807) is 6.07 Å². The van der Waals surface area contributed by atoms with E-state index >= 15 is 0 Å². The molecule has 1 aromatic carbocycles. The van der Waals surface area contributed by atoms with Crippen LogP contribution >= 0.6 is 0 Å². The van der Waals surface area contributed by atoms with Gasteiger partial charge < -0.3 is 4.57 Å². The second-order valence-corrected chi connectivity index (χ2v) is 9.12. The molecule has 0 saturated heterocycles. The maximum Gasteiger partial charge on any atom is 0.123 e. The summed E-state index contributed by atoms with van der Waals surface area (Å²) in [5.41, 5.74) is 1.20. The highest BCUT2D eigenvalue weighted by molar-refractivity contribution is 5.29. The van der Waals surface area contributed by atoms with Crippen molar-refractivity contribution in [1.29, 1.82) is 0 Å². The van der Waals surface area contributed by atoms with Gasteiger partial charge in [0, 0.05) is 24.4 Å². The molecule has 0 radical (unpaired) electrons. The highest BCUT2D eigenvalue weighted by atomic mass is 19.1. The Kier molecular flexibility index (Phi) is 7.91. The van der Waals surface area contributed by atoms with Crippen molar-refractivity contribution in [2.75, 3.05) is 0 Å². The molecule has 2 atom stereocenters. The van der Waals surface area contributed by atoms with Crippen LogP contribution in [-0.2, 0) is 12.0 Å². The van der Waals surface area contributed by atoms with Crippen molar-refractivity contribution >= 4 is 0 Å². The quantitative estimate of drug-likeness (QED) is 0.359. The summed E-state index contributed by atoms with van der Waals surface area (Å²) in [6.07, 6.45) is 16.6. The van der Waals surface area contributed by atoms with Crippen LogP contribution in [0.3, 0.4) is 0 Å². The molecule has 2 aromatic rings. The molecular weight excluding hydrogens is 359 g/mol. The Labute approximate surface area is 176 Å². The fourth-order valence-corrected chi connectivity index (χ4v) is 5.87. The molecule has 0 bridgehead atoms. The lowest BCUT2D eigenvalue weighted by molar-refractivity contribution is 0.121. The number of rotatable bonds is 11. The van der Waals surface area contributed by atoms with Crippen molar-refractivity contribution in [3.63, 3.8) is 0 Å². The molecule has 1 saturated carbocycles. The van der Waals surface area contributed by atoms with Gasteiger partial charge in [-0.15, -0.1) is 0 Å². The fourth-order valence-electron chi connectivity index (χ4n) is 5.87. The molecule has 0 aliphatic heterocycles. The molecule has 1 aromatic heterocycles. The van der Waals surface area contributed by atoms with E-state index in [0.717, 1.165) is 12.4 Å². The van der Waals surface area contributed by atoms with E-state index in [9.17, 15) is 4.39 Å². The second kappa shape index (κ2) is 10.4. The van der Waals surface area contributed by atoms with E-state index in [2.05, 4.69) is 42.6 Å². The summed E-state index contributed by atoms with van der Waals surface area (Å²) >= 11 is 0. The lowest BCUT2D eigenvalue weighted by atomic mass is 9.59. The summed E-state index contributed by atoms with van der Waals surface area (Å²) in [4.78, 5) is 4.51. The third-order valence-electron chi connectivity index (χ3n) is 7.32. The average Bonchev–Trinajstić information content (AvgIpc) is 3.38. The van der Waals surface area contributed by atoms with Gasteiger partial charge in [0.1, 0.15) is 11.6 Å². The summed E-state index contributed by atoms with van der Waals surface area (Å²) in [6.45, 7) is 7.60. The van der Waals surface area contributed by atoms with Crippen LogP contribution < -0.4 is 0 Å². The van der Waals surface area contributed by atoms with Gasteiger partial charge in [-0.1, -0.05) is 64.5 Å². The molecule has 0 amide bonds. The molecule has 1 aliphatic carbocycles. The largest absolute Gasteiger partial charge is 0.334 e. The first kappa shape index (κ1) is 22.1. The highest BCUT2D eigenvalue weighted by Crippen LogP contribution is 2.51. The Balaban J connectivity index is 2.12. The van der Waals surface area contributed by atoms with Gasteiger partial charge in [0.25, 0.3) is 0 Å². The zero-order valence-electron chi connectivity index (χ0n) is 18.7. The summed E-state index contributed by atoms with van der Waals surface area (Å²) in [6, 6.07) is 7.56. The van der Waals surface area contributed by atoms with Gasteiger partial charge >= 0.3 is 0 Å². The third-order valence-corrected chi connectivity index (χ3v) is 7.32. The molecule has 29 heavy (non-hydrogen) atoms. The number of hydrogen-bond acceptors (Lipinski definition) is 1. The van der Waals surface area contributed by atoms with Crippen LogP contribution in [0.5, 0.6) is 0 Å². The molecule has 3 heteroatoms. The van der Waals surface area contributed by atoms with Crippen LogP contribution in [0.2, 0.25) is 0 Å². The minimum absolute atomic E-state index is 0.0200. The van der Waals surface area contributed by atoms with Gasteiger partial charge in [0.05, 0.1) is 0 Å². The van der Waals surface area contributed by atoms with E-state index in [-0.39, 0.29) is 11.2 Å². The first-order valence-electron chi connectivity index (χ1n) is 11.9. The summed E-state index contributed by atoms with van der Waals surface area (Å²) in [7, 11) is 0. The number of aryl methyl sites for hydroxylation is 1. The number of unbranched alkanes of at least 4 members (excludes halogenated alkanes) is 2. The average molecular weight is 399 g/mol. The van der Waals surface area contributed by atoms with E-state index in [4.69, 9.17) is 0 Å². The van der Waals surface area contributed by atoms with Crippen LogP contribution in [0.4, 0.5) is 4.39 Å². The lowest BCUT2D eigenvalue weighted by Gasteiger charge is -2.47. The molecule has 0 spiro atoms. The normalized spacial score (nSPS) is 18.1. The Hall–Kier alpha value is -1.64. The van der Waals surface area contributed by atoms with Gasteiger partial charge in [-0.25, -0.2) is 9.37 Å². The smallest absolute Gasteiger partial charge is 0.123 e. The van der Waals surface area contributed by atoms with E-state index < -0.39 is 0 Å². The van der Waals surface area contributed by atoms with E-state index in [1.807, 2.05) is 18.3 Å². The van der Waals surface area contributed by atoms with Crippen LogP contribution in [0, 0.1) is 24.6 Å². The van der Waals surface area contributed by atoms with Crippen LogP contribution in [0.25, 0.3) is 0 Å². The van der Waals surface area contributed by atoms with Crippen molar-refractivity contribution < 1.29 is 4.39 Å².